The molecule has 15 heteroatoms. The van der Waals surface area contributed by atoms with Crippen LogP contribution in [0.25, 0.3) is 0 Å². The molecule has 1 aromatic rings. The average Bonchev–Trinajstić information content (AvgIpc) is 2.67. The maximum absolute atomic E-state index is 12.8. The van der Waals surface area contributed by atoms with Gasteiger partial charge in [-0.25, -0.2) is 23.1 Å². The molecule has 0 aliphatic rings. The first-order chi connectivity index (χ1) is 16.7. The molecule has 1 rings (SSSR count). The third-order valence-electron chi connectivity index (χ3n) is 4.15. The Morgan fingerprint density at radius 3 is 1.78 bits per heavy atom. The zero-order valence-electron chi connectivity index (χ0n) is 21.5. The molecule has 4 N–H and O–H groups in total. The Morgan fingerprint density at radius 1 is 0.946 bits per heavy atom. The van der Waals surface area contributed by atoms with Crippen molar-refractivity contribution in [1.29, 1.82) is 0 Å². The molecule has 13 nitrogen and oxygen atoms in total. The van der Waals surface area contributed by atoms with E-state index in [1.54, 1.807) is 41.5 Å². The molecule has 37 heavy (non-hydrogen) atoms. The number of primary sulfonamides is 1. The summed E-state index contributed by atoms with van der Waals surface area (Å²) in [6.45, 7) is 8.09. The van der Waals surface area contributed by atoms with Gasteiger partial charge < -0.3 is 19.9 Å². The predicted molar refractivity (Wildman–Crippen MR) is 142 cm³/mol. The summed E-state index contributed by atoms with van der Waals surface area (Å²) >= 11 is 1.82. The molecule has 0 atom stereocenters. The number of anilines is 1. The number of nitrogens with two attached hydrogens (primary N) is 1. The average molecular weight is 656 g/mol. The van der Waals surface area contributed by atoms with Crippen molar-refractivity contribution in [2.45, 2.75) is 57.6 Å². The van der Waals surface area contributed by atoms with Crippen molar-refractivity contribution in [1.82, 2.24) is 9.80 Å². The molecule has 0 spiro atoms. The smallest absolute Gasteiger partial charge is 0.410 e. The number of hydrogen-bond donors (Lipinski definition) is 3. The van der Waals surface area contributed by atoms with Gasteiger partial charge in [-0.2, -0.15) is 0 Å². The van der Waals surface area contributed by atoms with Gasteiger partial charge >= 0.3 is 18.2 Å². The van der Waals surface area contributed by atoms with Gasteiger partial charge in [0.2, 0.25) is 15.9 Å². The van der Waals surface area contributed by atoms with E-state index in [0.717, 1.165) is 9.80 Å². The number of nitrogens with one attached hydrogen (secondary N) is 1. The van der Waals surface area contributed by atoms with Crippen molar-refractivity contribution >= 4 is 62.4 Å². The highest BCUT2D eigenvalue weighted by Gasteiger charge is 2.28. The zero-order chi connectivity index (χ0) is 28.8. The summed E-state index contributed by atoms with van der Waals surface area (Å²) in [5.41, 5.74) is -1.49. The highest BCUT2D eigenvalue weighted by molar-refractivity contribution is 14.1. The predicted octanol–water partition coefficient (Wildman–Crippen LogP) is 2.44. The Balaban J connectivity index is 3.08. The highest BCUT2D eigenvalue weighted by atomic mass is 127. The minimum atomic E-state index is -3.93. The van der Waals surface area contributed by atoms with Crippen LogP contribution in [0.15, 0.2) is 23.1 Å². The van der Waals surface area contributed by atoms with Gasteiger partial charge in [-0.1, -0.05) is 0 Å². The number of aliphatic carboxylic acids is 1. The molecule has 1 aromatic carbocycles. The van der Waals surface area contributed by atoms with Crippen molar-refractivity contribution in [2.75, 3.05) is 31.5 Å². The number of nitrogens with zero attached hydrogens (tertiary/aromatic N) is 2. The second kappa shape index (κ2) is 12.7. The fourth-order valence-corrected chi connectivity index (χ4v) is 4.07. The van der Waals surface area contributed by atoms with E-state index < -0.39 is 58.4 Å². The lowest BCUT2D eigenvalue weighted by molar-refractivity contribution is -0.138. The lowest BCUT2D eigenvalue weighted by Crippen LogP contribution is -2.47. The van der Waals surface area contributed by atoms with Gasteiger partial charge in [0.1, 0.15) is 24.3 Å². The molecule has 0 saturated carbocycles. The third-order valence-corrected chi connectivity index (χ3v) is 5.95. The largest absolute Gasteiger partial charge is 0.480 e. The molecule has 208 valence electrons. The molecule has 0 bridgehead atoms. The van der Waals surface area contributed by atoms with Gasteiger partial charge in [0.15, 0.2) is 0 Å². The second-order valence-electron chi connectivity index (χ2n) is 9.93. The van der Waals surface area contributed by atoms with E-state index in [9.17, 15) is 32.7 Å². The molecule has 0 radical (unpaired) electrons. The van der Waals surface area contributed by atoms with E-state index in [0.29, 0.717) is 3.57 Å². The van der Waals surface area contributed by atoms with E-state index in [1.807, 2.05) is 22.6 Å². The molecule has 0 heterocycles. The van der Waals surface area contributed by atoms with Crippen molar-refractivity contribution in [3.05, 3.63) is 21.8 Å². The van der Waals surface area contributed by atoms with E-state index in [4.69, 9.17) is 14.6 Å². The first-order valence-electron chi connectivity index (χ1n) is 11.0. The van der Waals surface area contributed by atoms with Crippen LogP contribution in [-0.2, 0) is 29.1 Å². The third kappa shape index (κ3) is 12.4. The number of carbonyl (C=O) groups excluding carboxylic acids is 3. The Hall–Kier alpha value is -2.66. The Morgan fingerprint density at radius 2 is 1.41 bits per heavy atom. The van der Waals surface area contributed by atoms with Gasteiger partial charge in [0.05, 0.1) is 10.6 Å². The monoisotopic (exact) mass is 656 g/mol. The van der Waals surface area contributed by atoms with E-state index in [1.165, 1.54) is 18.2 Å². The number of hydrogen-bond acceptors (Lipinski definition) is 8. The number of ether oxygens (including phenoxy) is 2. The molecule has 0 aliphatic carbocycles. The van der Waals surface area contributed by atoms with E-state index in [2.05, 4.69) is 5.32 Å². The lowest BCUT2D eigenvalue weighted by Gasteiger charge is -2.30. The van der Waals surface area contributed by atoms with Crippen LogP contribution >= 0.6 is 22.6 Å². The number of amides is 3. The standard InChI is InChI=1S/C22H33IN4O9S/c1-21(2,3)35-19(31)26(9-10-27(13-18(29)30)20(32)36-22(4,5)6)12-17(28)25-16-8-7-14(11-15(16)23)37(24,33)34/h7-8,11H,9-10,12-13H2,1-6H3,(H,25,28)(H,29,30)(H2,24,33,34). The summed E-state index contributed by atoms with van der Waals surface area (Å²) in [6.07, 6.45) is -1.76. The van der Waals surface area contributed by atoms with Gasteiger partial charge in [0, 0.05) is 16.7 Å². The Bertz CT molecular complexity index is 1130. The van der Waals surface area contributed by atoms with Crippen molar-refractivity contribution in [2.24, 2.45) is 5.14 Å². The number of halogens is 1. The van der Waals surface area contributed by atoms with Crippen LogP contribution in [0.3, 0.4) is 0 Å². The first kappa shape index (κ1) is 32.4. The maximum atomic E-state index is 12.8. The fourth-order valence-electron chi connectivity index (χ4n) is 2.66. The molecule has 0 fully saturated rings. The van der Waals surface area contributed by atoms with Crippen LogP contribution in [0.2, 0.25) is 0 Å². The van der Waals surface area contributed by atoms with Crippen molar-refractivity contribution in [3.8, 4) is 0 Å². The fraction of sp³-hybridized carbons (Fsp3) is 0.545. The number of carboxylic acid groups (broad SMARTS) is 1. The quantitative estimate of drug-likeness (QED) is 0.336. The van der Waals surface area contributed by atoms with Crippen molar-refractivity contribution < 1.29 is 42.2 Å². The lowest BCUT2D eigenvalue weighted by atomic mass is 10.2. The summed E-state index contributed by atoms with van der Waals surface area (Å²) in [7, 11) is -3.93. The molecule has 3 amide bonds. The van der Waals surface area contributed by atoms with Gasteiger partial charge in [-0.05, 0) is 82.3 Å². The Kier molecular flexibility index (Phi) is 11.1. The van der Waals surface area contributed by atoms with Gasteiger partial charge in [0.25, 0.3) is 0 Å². The van der Waals surface area contributed by atoms with Crippen LogP contribution in [0.4, 0.5) is 15.3 Å². The van der Waals surface area contributed by atoms with Gasteiger partial charge in [-0.15, -0.1) is 0 Å². The number of benzene rings is 1. The minimum absolute atomic E-state index is 0.133. The van der Waals surface area contributed by atoms with E-state index in [-0.39, 0.29) is 23.7 Å². The number of carbonyl (C=O) groups is 4. The number of rotatable bonds is 9. The molecule has 0 aliphatic heterocycles. The number of sulfonamides is 1. The summed E-state index contributed by atoms with van der Waals surface area (Å²) in [4.78, 5) is 51.1. The summed E-state index contributed by atoms with van der Waals surface area (Å²) < 4.78 is 34.0. The molecule has 0 aromatic heterocycles. The van der Waals surface area contributed by atoms with Crippen LogP contribution in [0.5, 0.6) is 0 Å². The maximum Gasteiger partial charge on any atom is 0.410 e. The van der Waals surface area contributed by atoms with Crippen molar-refractivity contribution in [3.63, 3.8) is 0 Å². The SMILES string of the molecule is CC(C)(C)OC(=O)N(CCN(CC(=O)Nc1ccc(S(N)(=O)=O)cc1I)C(=O)OC(C)(C)C)CC(=O)O. The highest BCUT2D eigenvalue weighted by Crippen LogP contribution is 2.22. The molecular formula is C22H33IN4O9S. The van der Waals surface area contributed by atoms with E-state index >= 15 is 0 Å². The molecular weight excluding hydrogens is 623 g/mol. The minimum Gasteiger partial charge on any atom is -0.480 e. The van der Waals surface area contributed by atoms with Crippen LogP contribution in [0, 0.1) is 3.57 Å². The van der Waals surface area contributed by atoms with Crippen LogP contribution in [-0.4, -0.2) is 84.8 Å². The molecule has 0 unspecified atom stereocenters. The van der Waals surface area contributed by atoms with Crippen LogP contribution < -0.4 is 10.5 Å². The summed E-state index contributed by atoms with van der Waals surface area (Å²) in [5.74, 6) is -1.93. The Labute approximate surface area is 229 Å². The second-order valence-corrected chi connectivity index (χ2v) is 12.7. The van der Waals surface area contributed by atoms with Crippen LogP contribution in [0.1, 0.15) is 41.5 Å². The topological polar surface area (TPSA) is 186 Å². The van der Waals surface area contributed by atoms with Gasteiger partial charge in [-0.3, -0.25) is 19.4 Å². The number of carboxylic acids is 1. The zero-order valence-corrected chi connectivity index (χ0v) is 24.5. The molecule has 0 saturated heterocycles. The first-order valence-corrected chi connectivity index (χ1v) is 13.6. The summed E-state index contributed by atoms with van der Waals surface area (Å²) in [6, 6.07) is 3.86. The normalized spacial score (nSPS) is 11.9. The summed E-state index contributed by atoms with van der Waals surface area (Å²) in [5, 5.41) is 16.9.